The third kappa shape index (κ3) is 2.77. The molecule has 0 atom stereocenters. The molecule has 1 heterocycles. The van der Waals surface area contributed by atoms with E-state index in [2.05, 4.69) is 10.4 Å². The lowest BCUT2D eigenvalue weighted by atomic mass is 10.3. The van der Waals surface area contributed by atoms with Gasteiger partial charge in [-0.25, -0.2) is 4.68 Å². The Morgan fingerprint density at radius 3 is 2.37 bits per heavy atom. The van der Waals surface area contributed by atoms with Crippen LogP contribution in [0.25, 0.3) is 5.69 Å². The zero-order chi connectivity index (χ0) is 13.1. The molecule has 0 spiro atoms. The van der Waals surface area contributed by atoms with Crippen molar-refractivity contribution in [2.45, 2.75) is 0 Å². The van der Waals surface area contributed by atoms with Gasteiger partial charge in [0.25, 0.3) is 0 Å². The summed E-state index contributed by atoms with van der Waals surface area (Å²) < 4.78 is 1.83. The summed E-state index contributed by atoms with van der Waals surface area (Å²) in [4.78, 5) is 0. The summed E-state index contributed by atoms with van der Waals surface area (Å²) in [5.41, 5.74) is 2.95. The highest BCUT2D eigenvalue weighted by atomic mass is 35.5. The van der Waals surface area contributed by atoms with Gasteiger partial charge in [0, 0.05) is 10.7 Å². The summed E-state index contributed by atoms with van der Waals surface area (Å²) in [6.07, 6.45) is 3.74. The largest absolute Gasteiger partial charge is 0.353 e. The molecule has 0 amide bonds. The highest BCUT2D eigenvalue weighted by molar-refractivity contribution is 6.30. The quantitative estimate of drug-likeness (QED) is 0.769. The Bertz CT molecular complexity index is 659. The van der Waals surface area contributed by atoms with Gasteiger partial charge in [0.15, 0.2) is 0 Å². The number of aromatic nitrogens is 2. The van der Waals surface area contributed by atoms with E-state index in [1.165, 1.54) is 0 Å². The number of nitrogens with one attached hydrogen (secondary N) is 1. The van der Waals surface area contributed by atoms with Gasteiger partial charge in [-0.3, -0.25) is 0 Å². The second kappa shape index (κ2) is 5.16. The van der Waals surface area contributed by atoms with Crippen LogP contribution in [0.3, 0.4) is 0 Å². The molecule has 1 N–H and O–H groups in total. The molecule has 0 bridgehead atoms. The first-order valence-corrected chi connectivity index (χ1v) is 6.32. The molecule has 0 saturated heterocycles. The zero-order valence-corrected chi connectivity index (χ0v) is 10.9. The predicted molar refractivity (Wildman–Crippen MR) is 78.3 cm³/mol. The Morgan fingerprint density at radius 1 is 0.895 bits per heavy atom. The fourth-order valence-corrected chi connectivity index (χ4v) is 1.94. The molecular formula is C15H12ClN3. The summed E-state index contributed by atoms with van der Waals surface area (Å²) in [6.45, 7) is 0. The van der Waals surface area contributed by atoms with E-state index in [1.54, 1.807) is 6.20 Å². The Hall–Kier alpha value is -2.26. The third-order valence-electron chi connectivity index (χ3n) is 2.74. The van der Waals surface area contributed by atoms with Crippen LogP contribution in [0.5, 0.6) is 0 Å². The van der Waals surface area contributed by atoms with Crippen LogP contribution in [0.4, 0.5) is 11.4 Å². The average Bonchev–Trinajstić information content (AvgIpc) is 2.91. The Labute approximate surface area is 116 Å². The monoisotopic (exact) mass is 269 g/mol. The van der Waals surface area contributed by atoms with Crippen molar-refractivity contribution in [3.8, 4) is 5.69 Å². The lowest BCUT2D eigenvalue weighted by Gasteiger charge is -2.03. The number of para-hydroxylation sites is 1. The van der Waals surface area contributed by atoms with Gasteiger partial charge in [-0.1, -0.05) is 29.8 Å². The van der Waals surface area contributed by atoms with Gasteiger partial charge in [0.05, 0.1) is 23.8 Å². The molecule has 0 saturated carbocycles. The van der Waals surface area contributed by atoms with Crippen LogP contribution in [0.15, 0.2) is 67.0 Å². The molecule has 19 heavy (non-hydrogen) atoms. The average molecular weight is 270 g/mol. The van der Waals surface area contributed by atoms with Gasteiger partial charge in [-0.2, -0.15) is 5.10 Å². The lowest BCUT2D eigenvalue weighted by Crippen LogP contribution is -1.93. The third-order valence-corrected chi connectivity index (χ3v) is 2.99. The number of anilines is 2. The first kappa shape index (κ1) is 11.8. The maximum Gasteiger partial charge on any atom is 0.0775 e. The highest BCUT2D eigenvalue weighted by Gasteiger charge is 2.00. The van der Waals surface area contributed by atoms with Gasteiger partial charge >= 0.3 is 0 Å². The van der Waals surface area contributed by atoms with Gasteiger partial charge in [-0.05, 0) is 36.4 Å². The summed E-state index contributed by atoms with van der Waals surface area (Å²) in [7, 11) is 0. The van der Waals surface area contributed by atoms with Gasteiger partial charge < -0.3 is 5.32 Å². The molecule has 0 aliphatic carbocycles. The Morgan fingerprint density at radius 2 is 1.63 bits per heavy atom. The molecule has 0 aliphatic rings. The number of rotatable bonds is 3. The first-order chi connectivity index (χ1) is 9.31. The minimum Gasteiger partial charge on any atom is -0.353 e. The molecule has 0 fully saturated rings. The minimum absolute atomic E-state index is 0.727. The van der Waals surface area contributed by atoms with Crippen LogP contribution < -0.4 is 5.32 Å². The van der Waals surface area contributed by atoms with E-state index in [-0.39, 0.29) is 0 Å². The summed E-state index contributed by atoms with van der Waals surface area (Å²) >= 11 is 5.85. The SMILES string of the molecule is Clc1ccc(Nc2cnn(-c3ccccc3)c2)cc1. The van der Waals surface area contributed by atoms with Crippen LogP contribution in [0.2, 0.25) is 5.02 Å². The maximum atomic E-state index is 5.85. The maximum absolute atomic E-state index is 5.85. The van der Waals surface area contributed by atoms with E-state index >= 15 is 0 Å². The van der Waals surface area contributed by atoms with Crippen LogP contribution in [-0.2, 0) is 0 Å². The molecule has 0 unspecified atom stereocenters. The summed E-state index contributed by atoms with van der Waals surface area (Å²) in [5, 5.41) is 8.33. The molecule has 4 heteroatoms. The standard InChI is InChI=1S/C15H12ClN3/c16-12-6-8-13(9-7-12)18-14-10-17-19(11-14)15-4-2-1-3-5-15/h1-11,18H. The predicted octanol–water partition coefficient (Wildman–Crippen LogP) is 4.27. The van der Waals surface area contributed by atoms with Crippen LogP contribution in [0, 0.1) is 0 Å². The number of benzene rings is 2. The van der Waals surface area contributed by atoms with Crippen LogP contribution in [0.1, 0.15) is 0 Å². The van der Waals surface area contributed by atoms with E-state index in [0.717, 1.165) is 22.1 Å². The zero-order valence-electron chi connectivity index (χ0n) is 10.1. The van der Waals surface area contributed by atoms with Crippen molar-refractivity contribution in [3.63, 3.8) is 0 Å². The van der Waals surface area contributed by atoms with Crippen molar-refractivity contribution in [2.24, 2.45) is 0 Å². The molecule has 3 rings (SSSR count). The molecule has 3 nitrogen and oxygen atoms in total. The molecule has 3 aromatic rings. The van der Waals surface area contributed by atoms with Crippen molar-refractivity contribution >= 4 is 23.0 Å². The topological polar surface area (TPSA) is 29.9 Å². The summed E-state index contributed by atoms with van der Waals surface area (Å²) in [5.74, 6) is 0. The van der Waals surface area contributed by atoms with Crippen LogP contribution in [-0.4, -0.2) is 9.78 Å². The van der Waals surface area contributed by atoms with Gasteiger partial charge in [0.1, 0.15) is 0 Å². The van der Waals surface area contributed by atoms with Crippen molar-refractivity contribution in [1.29, 1.82) is 0 Å². The molecule has 0 aliphatic heterocycles. The molecule has 2 aromatic carbocycles. The lowest BCUT2D eigenvalue weighted by molar-refractivity contribution is 0.881. The molecule has 0 radical (unpaired) electrons. The molecule has 94 valence electrons. The number of hydrogen-bond donors (Lipinski definition) is 1. The van der Waals surface area contributed by atoms with E-state index < -0.39 is 0 Å². The first-order valence-electron chi connectivity index (χ1n) is 5.94. The normalized spacial score (nSPS) is 10.4. The Balaban J connectivity index is 1.80. The summed E-state index contributed by atoms with van der Waals surface area (Å²) in [6, 6.07) is 17.6. The van der Waals surface area contributed by atoms with E-state index in [1.807, 2.05) is 65.5 Å². The van der Waals surface area contributed by atoms with Crippen molar-refractivity contribution in [1.82, 2.24) is 9.78 Å². The fraction of sp³-hybridized carbons (Fsp3) is 0. The smallest absolute Gasteiger partial charge is 0.0775 e. The van der Waals surface area contributed by atoms with E-state index in [4.69, 9.17) is 11.6 Å². The van der Waals surface area contributed by atoms with Crippen LogP contribution >= 0.6 is 11.6 Å². The van der Waals surface area contributed by atoms with E-state index in [0.29, 0.717) is 0 Å². The van der Waals surface area contributed by atoms with E-state index in [9.17, 15) is 0 Å². The van der Waals surface area contributed by atoms with Gasteiger partial charge in [-0.15, -0.1) is 0 Å². The number of nitrogens with zero attached hydrogens (tertiary/aromatic N) is 2. The second-order valence-electron chi connectivity index (χ2n) is 4.14. The number of halogens is 1. The molecular weight excluding hydrogens is 258 g/mol. The minimum atomic E-state index is 0.727. The number of hydrogen-bond acceptors (Lipinski definition) is 2. The van der Waals surface area contributed by atoms with Crippen molar-refractivity contribution < 1.29 is 0 Å². The van der Waals surface area contributed by atoms with Gasteiger partial charge in [0.2, 0.25) is 0 Å². The highest BCUT2D eigenvalue weighted by Crippen LogP contribution is 2.19. The van der Waals surface area contributed by atoms with Crippen molar-refractivity contribution in [3.05, 3.63) is 72.0 Å². The fourth-order valence-electron chi connectivity index (χ4n) is 1.81. The molecule has 1 aromatic heterocycles. The Kier molecular flexibility index (Phi) is 3.21. The van der Waals surface area contributed by atoms with Crippen molar-refractivity contribution in [2.75, 3.05) is 5.32 Å². The second-order valence-corrected chi connectivity index (χ2v) is 4.58.